The lowest BCUT2D eigenvalue weighted by atomic mass is 10.1. The van der Waals surface area contributed by atoms with Crippen LogP contribution in [-0.2, 0) is 6.42 Å². The highest BCUT2D eigenvalue weighted by Gasteiger charge is 2.13. The van der Waals surface area contributed by atoms with E-state index in [4.69, 9.17) is 17.5 Å². The smallest absolute Gasteiger partial charge is 0.171 e. The van der Waals surface area contributed by atoms with Gasteiger partial charge in [0, 0.05) is 24.5 Å². The molecule has 0 bridgehead atoms. The van der Waals surface area contributed by atoms with Crippen LogP contribution in [0.15, 0.2) is 48.5 Å². The highest BCUT2D eigenvalue weighted by Crippen LogP contribution is 2.22. The summed E-state index contributed by atoms with van der Waals surface area (Å²) in [6.45, 7) is 4.43. The van der Waals surface area contributed by atoms with Crippen molar-refractivity contribution in [2.75, 3.05) is 23.3 Å². The number of benzene rings is 2. The minimum absolute atomic E-state index is 0.125. The van der Waals surface area contributed by atoms with Gasteiger partial charge in [-0.05, 0) is 67.4 Å². The molecule has 1 heterocycles. The molecule has 0 aliphatic carbocycles. The Balaban J connectivity index is 1.54. The van der Waals surface area contributed by atoms with Gasteiger partial charge in [0.2, 0.25) is 0 Å². The first-order chi connectivity index (χ1) is 12.7. The lowest BCUT2D eigenvalue weighted by Crippen LogP contribution is -2.30. The lowest BCUT2D eigenvalue weighted by molar-refractivity contribution is 0.722. The van der Waals surface area contributed by atoms with E-state index in [-0.39, 0.29) is 6.04 Å². The van der Waals surface area contributed by atoms with Crippen LogP contribution in [0.1, 0.15) is 36.9 Å². The molecule has 0 amide bonds. The number of anilines is 2. The summed E-state index contributed by atoms with van der Waals surface area (Å²) in [6.07, 6.45) is 3.00. The molecular weight excluding hydrogens is 340 g/mol. The Morgan fingerprint density at radius 3 is 2.38 bits per heavy atom. The van der Waals surface area contributed by atoms with Crippen LogP contribution in [0, 0.1) is 11.3 Å². The summed E-state index contributed by atoms with van der Waals surface area (Å²) in [7, 11) is 0. The van der Waals surface area contributed by atoms with Gasteiger partial charge in [0.1, 0.15) is 0 Å². The van der Waals surface area contributed by atoms with E-state index in [1.165, 1.54) is 24.1 Å². The molecule has 1 aliphatic heterocycles. The molecule has 3 rings (SSSR count). The lowest BCUT2D eigenvalue weighted by Gasteiger charge is -2.20. The molecule has 134 valence electrons. The van der Waals surface area contributed by atoms with E-state index in [9.17, 15) is 0 Å². The predicted molar refractivity (Wildman–Crippen MR) is 111 cm³/mol. The average molecular weight is 365 g/mol. The summed E-state index contributed by atoms with van der Waals surface area (Å²) >= 11 is 5.43. The van der Waals surface area contributed by atoms with Crippen LogP contribution >= 0.6 is 12.2 Å². The Kier molecular flexibility index (Phi) is 6.08. The van der Waals surface area contributed by atoms with Gasteiger partial charge in [-0.3, -0.25) is 0 Å². The monoisotopic (exact) mass is 364 g/mol. The van der Waals surface area contributed by atoms with Gasteiger partial charge in [-0.15, -0.1) is 0 Å². The SMILES string of the molecule is CC(NC(=S)Nc1ccc(CC#N)cc1)c1ccc(N2CCCC2)cc1. The number of hydrogen-bond donors (Lipinski definition) is 2. The maximum absolute atomic E-state index is 8.72. The number of thiocarbonyl (C=S) groups is 1. The van der Waals surface area contributed by atoms with E-state index in [0.717, 1.165) is 24.3 Å². The summed E-state index contributed by atoms with van der Waals surface area (Å²) in [5, 5.41) is 15.8. The molecule has 4 nitrogen and oxygen atoms in total. The third-order valence-electron chi connectivity index (χ3n) is 4.71. The van der Waals surface area contributed by atoms with E-state index >= 15 is 0 Å². The zero-order chi connectivity index (χ0) is 18.4. The normalized spacial score (nSPS) is 14.5. The number of rotatable bonds is 5. The average Bonchev–Trinajstić information content (AvgIpc) is 3.18. The maximum Gasteiger partial charge on any atom is 0.171 e. The molecule has 1 unspecified atom stereocenters. The fourth-order valence-corrected chi connectivity index (χ4v) is 3.49. The summed E-state index contributed by atoms with van der Waals surface area (Å²) in [4.78, 5) is 2.43. The molecule has 0 spiro atoms. The Hall–Kier alpha value is -2.58. The highest BCUT2D eigenvalue weighted by atomic mass is 32.1. The van der Waals surface area contributed by atoms with Gasteiger partial charge >= 0.3 is 0 Å². The summed E-state index contributed by atoms with van der Waals surface area (Å²) in [6, 6.07) is 18.8. The summed E-state index contributed by atoms with van der Waals surface area (Å²) in [5.74, 6) is 0. The van der Waals surface area contributed by atoms with Gasteiger partial charge in [-0.1, -0.05) is 24.3 Å². The largest absolute Gasteiger partial charge is 0.372 e. The maximum atomic E-state index is 8.72. The van der Waals surface area contributed by atoms with Crippen molar-refractivity contribution in [2.24, 2.45) is 0 Å². The molecule has 0 aromatic heterocycles. The molecule has 2 aromatic carbocycles. The minimum Gasteiger partial charge on any atom is -0.372 e. The molecule has 1 fully saturated rings. The van der Waals surface area contributed by atoms with E-state index in [0.29, 0.717) is 11.5 Å². The van der Waals surface area contributed by atoms with Crippen LogP contribution in [0.5, 0.6) is 0 Å². The topological polar surface area (TPSA) is 51.1 Å². The number of nitrogens with one attached hydrogen (secondary N) is 2. The molecule has 2 aromatic rings. The van der Waals surface area contributed by atoms with E-state index < -0.39 is 0 Å². The molecule has 0 radical (unpaired) electrons. The molecule has 26 heavy (non-hydrogen) atoms. The van der Waals surface area contributed by atoms with Gasteiger partial charge in [0.15, 0.2) is 5.11 Å². The zero-order valence-corrected chi connectivity index (χ0v) is 15.9. The Morgan fingerprint density at radius 2 is 1.77 bits per heavy atom. The zero-order valence-electron chi connectivity index (χ0n) is 15.0. The first-order valence-corrected chi connectivity index (χ1v) is 9.45. The number of nitriles is 1. The molecule has 2 N–H and O–H groups in total. The minimum atomic E-state index is 0.125. The van der Waals surface area contributed by atoms with Crippen molar-refractivity contribution in [1.29, 1.82) is 5.26 Å². The van der Waals surface area contributed by atoms with Gasteiger partial charge in [0.25, 0.3) is 0 Å². The van der Waals surface area contributed by atoms with Gasteiger partial charge in [-0.25, -0.2) is 0 Å². The fourth-order valence-electron chi connectivity index (χ4n) is 3.19. The highest BCUT2D eigenvalue weighted by molar-refractivity contribution is 7.80. The van der Waals surface area contributed by atoms with Crippen molar-refractivity contribution in [3.8, 4) is 6.07 Å². The third kappa shape index (κ3) is 4.74. The van der Waals surface area contributed by atoms with Crippen LogP contribution in [0.25, 0.3) is 0 Å². The molecule has 5 heteroatoms. The van der Waals surface area contributed by atoms with E-state index in [1.54, 1.807) is 0 Å². The van der Waals surface area contributed by atoms with Crippen LogP contribution in [0.4, 0.5) is 11.4 Å². The van der Waals surface area contributed by atoms with Gasteiger partial charge in [-0.2, -0.15) is 5.26 Å². The molecule has 1 aliphatic rings. The summed E-state index contributed by atoms with van der Waals surface area (Å²) in [5.41, 5.74) is 4.43. The first kappa shape index (κ1) is 18.2. The standard InChI is InChI=1S/C21H24N4S/c1-16(18-6-10-20(11-7-18)25-14-2-3-15-25)23-21(26)24-19-8-4-17(5-9-19)12-13-22/h4-11,16H,2-3,12,14-15H2,1H3,(H2,23,24,26). The van der Waals surface area contributed by atoms with Gasteiger partial charge in [0.05, 0.1) is 18.5 Å². The number of nitrogens with zero attached hydrogens (tertiary/aromatic N) is 2. The van der Waals surface area contributed by atoms with Crippen molar-refractivity contribution >= 4 is 28.7 Å². The second kappa shape index (κ2) is 8.68. The molecule has 0 saturated carbocycles. The first-order valence-electron chi connectivity index (χ1n) is 9.04. The second-order valence-corrected chi connectivity index (χ2v) is 7.05. The molecular formula is C21H24N4S. The quantitative estimate of drug-likeness (QED) is 0.770. The van der Waals surface area contributed by atoms with Crippen molar-refractivity contribution in [2.45, 2.75) is 32.2 Å². The van der Waals surface area contributed by atoms with Crippen LogP contribution < -0.4 is 15.5 Å². The summed E-state index contributed by atoms with van der Waals surface area (Å²) < 4.78 is 0. The molecule has 1 saturated heterocycles. The van der Waals surface area contributed by atoms with Crippen LogP contribution in [0.2, 0.25) is 0 Å². The Labute approximate surface area is 160 Å². The van der Waals surface area contributed by atoms with Crippen LogP contribution in [0.3, 0.4) is 0 Å². The predicted octanol–water partition coefficient (Wildman–Crippen LogP) is 4.40. The van der Waals surface area contributed by atoms with Crippen molar-refractivity contribution < 1.29 is 0 Å². The van der Waals surface area contributed by atoms with Crippen molar-refractivity contribution in [3.05, 3.63) is 59.7 Å². The number of hydrogen-bond acceptors (Lipinski definition) is 3. The van der Waals surface area contributed by atoms with Crippen molar-refractivity contribution in [3.63, 3.8) is 0 Å². The second-order valence-electron chi connectivity index (χ2n) is 6.64. The van der Waals surface area contributed by atoms with Gasteiger partial charge < -0.3 is 15.5 Å². The van der Waals surface area contributed by atoms with E-state index in [2.05, 4.69) is 52.8 Å². The Morgan fingerprint density at radius 1 is 1.12 bits per heavy atom. The van der Waals surface area contributed by atoms with E-state index in [1.807, 2.05) is 24.3 Å². The Bertz CT molecular complexity index is 771. The molecule has 1 atom stereocenters. The van der Waals surface area contributed by atoms with Crippen molar-refractivity contribution in [1.82, 2.24) is 5.32 Å². The third-order valence-corrected chi connectivity index (χ3v) is 4.93. The van der Waals surface area contributed by atoms with Crippen LogP contribution in [-0.4, -0.2) is 18.2 Å². The fraction of sp³-hybridized carbons (Fsp3) is 0.333.